The van der Waals surface area contributed by atoms with Crippen molar-refractivity contribution in [3.8, 4) is 16.2 Å². The Kier molecular flexibility index (Phi) is 5.65. The van der Waals surface area contributed by atoms with Gasteiger partial charge in [0.25, 0.3) is 0 Å². The van der Waals surface area contributed by atoms with Crippen LogP contribution in [0.1, 0.15) is 5.56 Å². The third kappa shape index (κ3) is 3.99. The summed E-state index contributed by atoms with van der Waals surface area (Å²) in [6, 6.07) is 11.7. The number of thiophene rings is 1. The number of benzene rings is 2. The van der Waals surface area contributed by atoms with E-state index in [1.165, 1.54) is 35.9 Å². The van der Waals surface area contributed by atoms with Crippen molar-refractivity contribution in [3.05, 3.63) is 70.7 Å². The highest BCUT2D eigenvalue weighted by molar-refractivity contribution is 9.10. The van der Waals surface area contributed by atoms with Crippen LogP contribution in [0.25, 0.3) is 20.7 Å². The number of hydrogen-bond acceptors (Lipinski definition) is 6. The summed E-state index contributed by atoms with van der Waals surface area (Å²) in [5.74, 6) is -1.00. The van der Waals surface area contributed by atoms with Gasteiger partial charge in [0.1, 0.15) is 34.6 Å². The zero-order chi connectivity index (χ0) is 21.3. The number of halogens is 2. The fourth-order valence-electron chi connectivity index (χ4n) is 3.06. The zero-order valence-corrected chi connectivity index (χ0v) is 17.7. The summed E-state index contributed by atoms with van der Waals surface area (Å²) < 4.78 is 14.0. The van der Waals surface area contributed by atoms with Crippen LogP contribution in [-0.4, -0.2) is 32.2 Å². The first kappa shape index (κ1) is 20.2. The molecule has 0 bridgehead atoms. The van der Waals surface area contributed by atoms with Gasteiger partial charge in [-0.15, -0.1) is 11.3 Å². The zero-order valence-electron chi connectivity index (χ0n) is 15.3. The molecule has 0 aliphatic heterocycles. The van der Waals surface area contributed by atoms with Gasteiger partial charge in [0.05, 0.1) is 10.3 Å². The molecule has 6 nitrogen and oxygen atoms in total. The molecule has 4 rings (SSSR count). The van der Waals surface area contributed by atoms with Crippen molar-refractivity contribution >= 4 is 49.3 Å². The van der Waals surface area contributed by atoms with E-state index in [9.17, 15) is 19.4 Å². The summed E-state index contributed by atoms with van der Waals surface area (Å²) in [5.41, 5.74) is 1.32. The standard InChI is InChI=1S/C21H15BrFN3O3S/c22-17-16-19(26-14(21(28)29)9-12-3-1-2-4-15(12)27)24-10-25-20(16)30-18(17)11-5-7-13(23)8-6-11/h1-8,10,14,27H,9H2,(H,28,29)(H,24,25,26)/t14-/m1/s1. The maximum absolute atomic E-state index is 13.3. The lowest BCUT2D eigenvalue weighted by Crippen LogP contribution is -2.32. The number of carboxylic acid groups (broad SMARTS) is 1. The molecule has 2 aromatic heterocycles. The number of nitrogens with zero attached hydrogens (tertiary/aromatic N) is 2. The third-order valence-electron chi connectivity index (χ3n) is 4.56. The minimum atomic E-state index is -1.07. The predicted molar refractivity (Wildman–Crippen MR) is 117 cm³/mol. The van der Waals surface area contributed by atoms with E-state index in [1.807, 2.05) is 0 Å². The van der Waals surface area contributed by atoms with Gasteiger partial charge < -0.3 is 15.5 Å². The normalized spacial score (nSPS) is 12.1. The van der Waals surface area contributed by atoms with Crippen LogP contribution in [0.2, 0.25) is 0 Å². The smallest absolute Gasteiger partial charge is 0.326 e. The summed E-state index contributed by atoms with van der Waals surface area (Å²) in [5, 5.41) is 23.3. The molecule has 2 aromatic carbocycles. The second kappa shape index (κ2) is 8.37. The van der Waals surface area contributed by atoms with Gasteiger partial charge in [-0.25, -0.2) is 19.2 Å². The molecule has 30 heavy (non-hydrogen) atoms. The summed E-state index contributed by atoms with van der Waals surface area (Å²) in [6.45, 7) is 0. The van der Waals surface area contributed by atoms with E-state index in [0.29, 0.717) is 26.1 Å². The molecule has 0 saturated heterocycles. The predicted octanol–water partition coefficient (Wildman–Crippen LogP) is 5.07. The fourth-order valence-corrected chi connectivity index (χ4v) is 5.08. The maximum atomic E-state index is 13.3. The van der Waals surface area contributed by atoms with Crippen LogP contribution in [0.4, 0.5) is 10.2 Å². The molecule has 2 heterocycles. The summed E-state index contributed by atoms with van der Waals surface area (Å²) in [7, 11) is 0. The van der Waals surface area contributed by atoms with Crippen LogP contribution >= 0.6 is 27.3 Å². The largest absolute Gasteiger partial charge is 0.508 e. The molecule has 0 radical (unpaired) electrons. The molecule has 0 aliphatic rings. The lowest BCUT2D eigenvalue weighted by atomic mass is 10.0. The molecule has 4 aromatic rings. The second-order valence-electron chi connectivity index (χ2n) is 6.52. The molecule has 0 unspecified atom stereocenters. The van der Waals surface area contributed by atoms with Crippen molar-refractivity contribution in [2.45, 2.75) is 12.5 Å². The van der Waals surface area contributed by atoms with E-state index >= 15 is 0 Å². The topological polar surface area (TPSA) is 95.3 Å². The first-order chi connectivity index (χ1) is 14.4. The number of aromatic nitrogens is 2. The van der Waals surface area contributed by atoms with Crippen molar-refractivity contribution in [2.24, 2.45) is 0 Å². The van der Waals surface area contributed by atoms with Gasteiger partial charge in [0.15, 0.2) is 0 Å². The first-order valence-electron chi connectivity index (χ1n) is 8.89. The molecule has 0 spiro atoms. The highest BCUT2D eigenvalue weighted by atomic mass is 79.9. The molecule has 0 saturated carbocycles. The molecule has 9 heteroatoms. The van der Waals surface area contributed by atoms with Crippen LogP contribution in [0, 0.1) is 5.82 Å². The number of fused-ring (bicyclic) bond motifs is 1. The molecule has 152 valence electrons. The van der Waals surface area contributed by atoms with Gasteiger partial charge in [-0.2, -0.15) is 0 Å². The first-order valence-corrected chi connectivity index (χ1v) is 10.5. The van der Waals surface area contributed by atoms with Gasteiger partial charge in [0.2, 0.25) is 0 Å². The quantitative estimate of drug-likeness (QED) is 0.351. The summed E-state index contributed by atoms with van der Waals surface area (Å²) in [4.78, 5) is 21.9. The van der Waals surface area contributed by atoms with Crippen molar-refractivity contribution < 1.29 is 19.4 Å². The Morgan fingerprint density at radius 3 is 2.60 bits per heavy atom. The van der Waals surface area contributed by atoms with Gasteiger partial charge in [-0.05, 0) is 45.3 Å². The Hall–Kier alpha value is -3.04. The number of carboxylic acids is 1. The van der Waals surface area contributed by atoms with Crippen molar-refractivity contribution in [1.82, 2.24) is 9.97 Å². The third-order valence-corrected chi connectivity index (χ3v) is 6.76. The average molecular weight is 488 g/mol. The Balaban J connectivity index is 1.72. The minimum Gasteiger partial charge on any atom is -0.508 e. The highest BCUT2D eigenvalue weighted by Crippen LogP contribution is 2.43. The Morgan fingerprint density at radius 1 is 1.17 bits per heavy atom. The van der Waals surface area contributed by atoms with Crippen LogP contribution in [0.3, 0.4) is 0 Å². The van der Waals surface area contributed by atoms with Crippen molar-refractivity contribution in [1.29, 1.82) is 0 Å². The summed E-state index contributed by atoms with van der Waals surface area (Å²) >= 11 is 4.96. The number of aliphatic carboxylic acids is 1. The van der Waals surface area contributed by atoms with Crippen LogP contribution in [0.5, 0.6) is 5.75 Å². The van der Waals surface area contributed by atoms with Crippen LogP contribution in [-0.2, 0) is 11.2 Å². The van der Waals surface area contributed by atoms with Crippen molar-refractivity contribution in [3.63, 3.8) is 0 Å². The van der Waals surface area contributed by atoms with E-state index in [-0.39, 0.29) is 18.0 Å². The number of phenols is 1. The number of para-hydroxylation sites is 1. The number of anilines is 1. The van der Waals surface area contributed by atoms with Gasteiger partial charge in [-0.3, -0.25) is 0 Å². The second-order valence-corrected chi connectivity index (χ2v) is 8.31. The van der Waals surface area contributed by atoms with Gasteiger partial charge in [-0.1, -0.05) is 30.3 Å². The molecular weight excluding hydrogens is 473 g/mol. The number of aromatic hydroxyl groups is 1. The molecular formula is C21H15BrFN3O3S. The Labute approximate surface area is 183 Å². The molecule has 1 atom stereocenters. The van der Waals surface area contributed by atoms with Crippen LogP contribution in [0.15, 0.2) is 59.3 Å². The van der Waals surface area contributed by atoms with E-state index in [1.54, 1.807) is 30.3 Å². The molecule has 0 fully saturated rings. The van der Waals surface area contributed by atoms with Crippen molar-refractivity contribution in [2.75, 3.05) is 5.32 Å². The lowest BCUT2D eigenvalue weighted by molar-refractivity contribution is -0.137. The molecule has 3 N–H and O–H groups in total. The maximum Gasteiger partial charge on any atom is 0.326 e. The molecule has 0 amide bonds. The summed E-state index contributed by atoms with van der Waals surface area (Å²) in [6.07, 6.45) is 1.43. The van der Waals surface area contributed by atoms with E-state index in [0.717, 1.165) is 10.4 Å². The number of carbonyl (C=O) groups is 1. The SMILES string of the molecule is O=C(O)[C@@H](Cc1ccccc1O)Nc1ncnc2sc(-c3ccc(F)cc3)c(Br)c12. The van der Waals surface area contributed by atoms with E-state index < -0.39 is 12.0 Å². The van der Waals surface area contributed by atoms with Crippen LogP contribution < -0.4 is 5.32 Å². The van der Waals surface area contributed by atoms with E-state index in [4.69, 9.17) is 0 Å². The van der Waals surface area contributed by atoms with Gasteiger partial charge >= 0.3 is 5.97 Å². The Bertz CT molecular complexity index is 1230. The van der Waals surface area contributed by atoms with E-state index in [2.05, 4.69) is 31.2 Å². The lowest BCUT2D eigenvalue weighted by Gasteiger charge is -2.16. The highest BCUT2D eigenvalue weighted by Gasteiger charge is 2.23. The fraction of sp³-hybridized carbons (Fsp3) is 0.0952. The number of hydrogen-bond donors (Lipinski definition) is 3. The minimum absolute atomic E-state index is 0.0358. The van der Waals surface area contributed by atoms with Gasteiger partial charge in [0, 0.05) is 10.9 Å². The Morgan fingerprint density at radius 2 is 1.90 bits per heavy atom. The number of nitrogens with one attached hydrogen (secondary N) is 1. The monoisotopic (exact) mass is 487 g/mol. The number of phenolic OH excluding ortho intramolecular Hbond substituents is 1. The number of rotatable bonds is 6. The average Bonchev–Trinajstić information content (AvgIpc) is 3.07. The molecule has 0 aliphatic carbocycles.